The van der Waals surface area contributed by atoms with Gasteiger partial charge in [0.1, 0.15) is 0 Å². The Morgan fingerprint density at radius 2 is 2.00 bits per heavy atom. The average molecular weight is 297 g/mol. The Morgan fingerprint density at radius 1 is 1.30 bits per heavy atom. The first-order valence-electron chi connectivity index (χ1n) is 7.29. The van der Waals surface area contributed by atoms with Crippen LogP contribution in [0.15, 0.2) is 18.2 Å². The first-order valence-corrected chi connectivity index (χ1v) is 7.29. The third-order valence-corrected chi connectivity index (χ3v) is 4.51. The molecule has 1 aliphatic rings. The third kappa shape index (κ3) is 3.15. The molecule has 0 radical (unpaired) electrons. The quantitative estimate of drug-likeness (QED) is 0.878. The fourth-order valence-electron chi connectivity index (χ4n) is 2.91. The maximum absolute atomic E-state index is 12.5. The van der Waals surface area contributed by atoms with Crippen LogP contribution in [0.4, 0.5) is 0 Å². The summed E-state index contributed by atoms with van der Waals surface area (Å²) in [6.07, 6.45) is 5.00. The molecule has 0 spiro atoms. The predicted octanol–water partition coefficient (Wildman–Crippen LogP) is 2.84. The van der Waals surface area contributed by atoms with Crippen molar-refractivity contribution in [2.24, 2.45) is 5.73 Å². The van der Waals surface area contributed by atoms with E-state index < -0.39 is 0 Å². The van der Waals surface area contributed by atoms with Gasteiger partial charge in [0.25, 0.3) is 5.91 Å². The summed E-state index contributed by atoms with van der Waals surface area (Å²) in [4.78, 5) is 12.5. The van der Waals surface area contributed by atoms with E-state index in [-0.39, 0.29) is 23.9 Å². The molecule has 1 aromatic rings. The Balaban J connectivity index is 0.00000200. The van der Waals surface area contributed by atoms with Gasteiger partial charge in [0, 0.05) is 12.1 Å². The zero-order valence-corrected chi connectivity index (χ0v) is 13.2. The second-order valence-electron chi connectivity index (χ2n) is 5.44. The van der Waals surface area contributed by atoms with Gasteiger partial charge in [0.15, 0.2) is 0 Å². The Kier molecular flexibility index (Phi) is 6.03. The van der Waals surface area contributed by atoms with Crippen LogP contribution in [-0.4, -0.2) is 18.0 Å². The van der Waals surface area contributed by atoms with E-state index in [0.29, 0.717) is 6.54 Å². The Labute approximate surface area is 127 Å². The second-order valence-corrected chi connectivity index (χ2v) is 5.44. The lowest BCUT2D eigenvalue weighted by atomic mass is 9.92. The van der Waals surface area contributed by atoms with Crippen LogP contribution in [0, 0.1) is 0 Å². The number of rotatable bonds is 5. The Morgan fingerprint density at radius 3 is 2.60 bits per heavy atom. The molecule has 112 valence electrons. The van der Waals surface area contributed by atoms with Gasteiger partial charge in [-0.1, -0.05) is 26.0 Å². The van der Waals surface area contributed by atoms with E-state index in [1.807, 2.05) is 12.1 Å². The van der Waals surface area contributed by atoms with Crippen LogP contribution in [0.1, 0.15) is 54.6 Å². The van der Waals surface area contributed by atoms with Crippen LogP contribution in [-0.2, 0) is 12.8 Å². The van der Waals surface area contributed by atoms with Crippen LogP contribution in [0.5, 0.6) is 0 Å². The molecule has 0 saturated carbocycles. The number of hydrogen-bond donors (Lipinski definition) is 2. The van der Waals surface area contributed by atoms with E-state index in [1.54, 1.807) is 0 Å². The largest absolute Gasteiger partial charge is 0.345 e. The molecule has 1 amide bonds. The van der Waals surface area contributed by atoms with Gasteiger partial charge in [-0.2, -0.15) is 0 Å². The molecule has 0 heterocycles. The maximum atomic E-state index is 12.5. The number of benzene rings is 1. The highest BCUT2D eigenvalue weighted by molar-refractivity contribution is 5.96. The lowest BCUT2D eigenvalue weighted by Gasteiger charge is -2.31. The van der Waals surface area contributed by atoms with Crippen molar-refractivity contribution in [3.05, 3.63) is 34.9 Å². The normalized spacial score (nSPS) is 13.6. The monoisotopic (exact) mass is 296 g/mol. The lowest BCUT2D eigenvalue weighted by Crippen LogP contribution is -2.53. The third-order valence-electron chi connectivity index (χ3n) is 4.51. The highest BCUT2D eigenvalue weighted by atomic mass is 35.5. The molecule has 3 N–H and O–H groups in total. The van der Waals surface area contributed by atoms with E-state index in [4.69, 9.17) is 5.73 Å². The fourth-order valence-corrected chi connectivity index (χ4v) is 2.91. The fraction of sp³-hybridized carbons (Fsp3) is 0.562. The molecule has 0 aromatic heterocycles. The number of carbonyl (C=O) groups excluding carboxylic acids is 1. The zero-order valence-electron chi connectivity index (χ0n) is 12.4. The van der Waals surface area contributed by atoms with E-state index in [2.05, 4.69) is 25.2 Å². The van der Waals surface area contributed by atoms with E-state index in [9.17, 15) is 4.79 Å². The SMILES string of the molecule is CCC(CC)(CN)NC(=O)c1cccc2c1CCC2.Cl. The van der Waals surface area contributed by atoms with E-state index in [1.165, 1.54) is 11.1 Å². The first kappa shape index (κ1) is 17.0. The zero-order chi connectivity index (χ0) is 13.9. The number of aryl methyl sites for hydroxylation is 1. The van der Waals surface area contributed by atoms with Crippen molar-refractivity contribution in [1.29, 1.82) is 0 Å². The molecule has 0 bridgehead atoms. The van der Waals surface area contributed by atoms with Crippen LogP contribution < -0.4 is 11.1 Å². The average Bonchev–Trinajstić information content (AvgIpc) is 2.93. The molecule has 20 heavy (non-hydrogen) atoms. The number of halogens is 1. The molecule has 2 rings (SSSR count). The topological polar surface area (TPSA) is 55.1 Å². The molecule has 3 nitrogen and oxygen atoms in total. The van der Waals surface area contributed by atoms with Crippen molar-refractivity contribution >= 4 is 18.3 Å². The molecule has 0 fully saturated rings. The summed E-state index contributed by atoms with van der Waals surface area (Å²) in [7, 11) is 0. The molecular weight excluding hydrogens is 272 g/mol. The predicted molar refractivity (Wildman–Crippen MR) is 85.5 cm³/mol. The van der Waals surface area contributed by atoms with Crippen LogP contribution in [0.3, 0.4) is 0 Å². The lowest BCUT2D eigenvalue weighted by molar-refractivity contribution is 0.0894. The molecule has 0 unspecified atom stereocenters. The standard InChI is InChI=1S/C16H24N2O.ClH/c1-3-16(4-2,11-17)18-15(19)14-10-6-8-12-7-5-9-13(12)14;/h6,8,10H,3-5,7,9,11,17H2,1-2H3,(H,18,19);1H. The number of nitrogens with one attached hydrogen (secondary N) is 1. The van der Waals surface area contributed by atoms with E-state index in [0.717, 1.165) is 37.7 Å². The molecule has 1 aromatic carbocycles. The van der Waals surface area contributed by atoms with Gasteiger partial charge in [-0.05, 0) is 49.3 Å². The summed E-state index contributed by atoms with van der Waals surface area (Å²) in [5, 5.41) is 3.16. The van der Waals surface area contributed by atoms with Gasteiger partial charge in [-0.3, -0.25) is 4.79 Å². The molecule has 1 aliphatic carbocycles. The molecule has 4 heteroatoms. The van der Waals surface area contributed by atoms with Crippen LogP contribution in [0.25, 0.3) is 0 Å². The number of amides is 1. The highest BCUT2D eigenvalue weighted by Crippen LogP contribution is 2.26. The van der Waals surface area contributed by atoms with Crippen molar-refractivity contribution in [3.63, 3.8) is 0 Å². The minimum absolute atomic E-state index is 0. The van der Waals surface area contributed by atoms with Crippen molar-refractivity contribution in [1.82, 2.24) is 5.32 Å². The summed E-state index contributed by atoms with van der Waals surface area (Å²) >= 11 is 0. The van der Waals surface area contributed by atoms with Crippen molar-refractivity contribution < 1.29 is 4.79 Å². The van der Waals surface area contributed by atoms with Gasteiger partial charge in [-0.25, -0.2) is 0 Å². The van der Waals surface area contributed by atoms with Crippen molar-refractivity contribution in [2.45, 2.75) is 51.5 Å². The maximum Gasteiger partial charge on any atom is 0.252 e. The highest BCUT2D eigenvalue weighted by Gasteiger charge is 2.28. The number of hydrogen-bond acceptors (Lipinski definition) is 2. The number of fused-ring (bicyclic) bond motifs is 1. The minimum Gasteiger partial charge on any atom is -0.345 e. The van der Waals surface area contributed by atoms with Gasteiger partial charge >= 0.3 is 0 Å². The number of nitrogens with two attached hydrogens (primary N) is 1. The summed E-state index contributed by atoms with van der Waals surface area (Å²) in [5.74, 6) is 0.0351. The summed E-state index contributed by atoms with van der Waals surface area (Å²) in [5.41, 5.74) is 9.00. The molecule has 0 aliphatic heterocycles. The van der Waals surface area contributed by atoms with Crippen LogP contribution in [0.2, 0.25) is 0 Å². The van der Waals surface area contributed by atoms with Crippen molar-refractivity contribution in [3.8, 4) is 0 Å². The number of carbonyl (C=O) groups is 1. The Hall–Kier alpha value is -1.06. The van der Waals surface area contributed by atoms with Gasteiger partial charge in [0.2, 0.25) is 0 Å². The van der Waals surface area contributed by atoms with E-state index >= 15 is 0 Å². The molecule has 0 atom stereocenters. The smallest absolute Gasteiger partial charge is 0.252 e. The summed E-state index contributed by atoms with van der Waals surface area (Å²) < 4.78 is 0. The Bertz CT molecular complexity index is 461. The van der Waals surface area contributed by atoms with Crippen LogP contribution >= 0.6 is 12.4 Å². The van der Waals surface area contributed by atoms with Gasteiger partial charge in [-0.15, -0.1) is 12.4 Å². The van der Waals surface area contributed by atoms with Gasteiger partial charge < -0.3 is 11.1 Å². The molecule has 0 saturated heterocycles. The molecular formula is C16H25ClN2O. The first-order chi connectivity index (χ1) is 9.15. The van der Waals surface area contributed by atoms with Gasteiger partial charge in [0.05, 0.1) is 5.54 Å². The summed E-state index contributed by atoms with van der Waals surface area (Å²) in [6.45, 7) is 4.64. The summed E-state index contributed by atoms with van der Waals surface area (Å²) in [6, 6.07) is 6.06. The van der Waals surface area contributed by atoms with Crippen molar-refractivity contribution in [2.75, 3.05) is 6.54 Å². The minimum atomic E-state index is -0.265. The second kappa shape index (κ2) is 7.09.